The molecule has 0 heterocycles. The highest BCUT2D eigenvalue weighted by molar-refractivity contribution is 5.79. The number of benzene rings is 1. The van der Waals surface area contributed by atoms with Crippen LogP contribution in [0, 0.1) is 0 Å². The fraction of sp³-hybridized carbons (Fsp3) is 0.632. The third kappa shape index (κ3) is 4.25. The number of guanidine groups is 1. The van der Waals surface area contributed by atoms with Crippen LogP contribution in [0.3, 0.4) is 0 Å². The number of aliphatic imine (C=N–C) groups is 1. The number of nitrogens with one attached hydrogen (secondary N) is 2. The van der Waals surface area contributed by atoms with Gasteiger partial charge in [-0.2, -0.15) is 0 Å². The Morgan fingerprint density at radius 3 is 2.30 bits per heavy atom. The first-order valence-corrected chi connectivity index (χ1v) is 8.57. The lowest BCUT2D eigenvalue weighted by Gasteiger charge is -2.43. The molecule has 0 aromatic heterocycles. The summed E-state index contributed by atoms with van der Waals surface area (Å²) in [6.07, 6.45) is 3.82. The second-order valence-corrected chi connectivity index (χ2v) is 7.49. The lowest BCUT2D eigenvalue weighted by atomic mass is 9.64. The van der Waals surface area contributed by atoms with Crippen molar-refractivity contribution in [1.29, 1.82) is 0 Å². The van der Waals surface area contributed by atoms with E-state index in [1.165, 1.54) is 24.8 Å². The summed E-state index contributed by atoms with van der Waals surface area (Å²) in [5.74, 6) is 0.891. The lowest BCUT2D eigenvalue weighted by Crippen LogP contribution is -2.53. The second-order valence-electron chi connectivity index (χ2n) is 7.49. The minimum absolute atomic E-state index is 0.0885. The van der Waals surface area contributed by atoms with E-state index < -0.39 is 0 Å². The molecule has 0 radical (unpaired) electrons. The summed E-state index contributed by atoms with van der Waals surface area (Å²) in [5, 5.41) is 7.00. The van der Waals surface area contributed by atoms with E-state index in [4.69, 9.17) is 0 Å². The molecule has 4 heteroatoms. The van der Waals surface area contributed by atoms with Gasteiger partial charge < -0.3 is 15.5 Å². The first kappa shape index (κ1) is 17.8. The third-order valence-corrected chi connectivity index (χ3v) is 5.41. The van der Waals surface area contributed by atoms with Gasteiger partial charge in [-0.25, -0.2) is 0 Å². The molecule has 0 aliphatic heterocycles. The first-order valence-electron chi connectivity index (χ1n) is 8.57. The fourth-order valence-electron chi connectivity index (χ4n) is 2.89. The number of hydrogen-bond donors (Lipinski definition) is 2. The average Bonchev–Trinajstić information content (AvgIpc) is 2.50. The van der Waals surface area contributed by atoms with E-state index in [0.29, 0.717) is 0 Å². The van der Waals surface area contributed by atoms with Gasteiger partial charge in [0.2, 0.25) is 0 Å². The predicted octanol–water partition coefficient (Wildman–Crippen LogP) is 2.61. The molecule has 1 aromatic rings. The number of hydrogen-bond acceptors (Lipinski definition) is 2. The van der Waals surface area contributed by atoms with Crippen LogP contribution in [0.25, 0.3) is 0 Å². The molecule has 1 aliphatic rings. The zero-order chi connectivity index (χ0) is 16.9. The van der Waals surface area contributed by atoms with Gasteiger partial charge in [-0.3, -0.25) is 4.99 Å². The summed E-state index contributed by atoms with van der Waals surface area (Å²) >= 11 is 0. The molecular formula is C19H32N4. The van der Waals surface area contributed by atoms with Crippen LogP contribution in [0.15, 0.2) is 35.3 Å². The van der Waals surface area contributed by atoms with E-state index in [2.05, 4.69) is 78.8 Å². The molecule has 1 fully saturated rings. The summed E-state index contributed by atoms with van der Waals surface area (Å²) in [5.41, 5.74) is 1.81. The van der Waals surface area contributed by atoms with E-state index in [1.54, 1.807) is 0 Å². The van der Waals surface area contributed by atoms with Crippen LogP contribution < -0.4 is 10.6 Å². The summed E-state index contributed by atoms with van der Waals surface area (Å²) in [7, 11) is 6.06. The molecule has 0 atom stereocenters. The predicted molar refractivity (Wildman–Crippen MR) is 99.1 cm³/mol. The Morgan fingerprint density at radius 1 is 1.17 bits per heavy atom. The Bertz CT molecular complexity index is 515. The van der Waals surface area contributed by atoms with Crippen LogP contribution >= 0.6 is 0 Å². The quantitative estimate of drug-likeness (QED) is 0.626. The van der Waals surface area contributed by atoms with Gasteiger partial charge >= 0.3 is 0 Å². The number of rotatable bonds is 6. The van der Waals surface area contributed by atoms with Crippen LogP contribution in [-0.2, 0) is 5.41 Å². The molecule has 0 bridgehead atoms. The van der Waals surface area contributed by atoms with Crippen molar-refractivity contribution in [2.45, 2.75) is 44.1 Å². The van der Waals surface area contributed by atoms with Crippen molar-refractivity contribution in [2.75, 3.05) is 34.2 Å². The number of likely N-dealkylation sites (N-methyl/N-ethyl adjacent to an activating group) is 1. The Hall–Kier alpha value is -1.55. The molecule has 0 amide bonds. The Morgan fingerprint density at radius 2 is 1.83 bits per heavy atom. The van der Waals surface area contributed by atoms with Crippen LogP contribution in [0.5, 0.6) is 0 Å². The van der Waals surface area contributed by atoms with Crippen molar-refractivity contribution < 1.29 is 0 Å². The van der Waals surface area contributed by atoms with Crippen molar-refractivity contribution in [3.05, 3.63) is 35.9 Å². The van der Waals surface area contributed by atoms with Gasteiger partial charge in [0.1, 0.15) is 0 Å². The average molecular weight is 316 g/mol. The minimum Gasteiger partial charge on any atom is -0.356 e. The molecular weight excluding hydrogens is 284 g/mol. The molecule has 0 saturated heterocycles. The van der Waals surface area contributed by atoms with E-state index in [1.807, 2.05) is 7.05 Å². The van der Waals surface area contributed by atoms with Gasteiger partial charge in [-0.15, -0.1) is 0 Å². The maximum absolute atomic E-state index is 4.38. The molecule has 4 nitrogen and oxygen atoms in total. The van der Waals surface area contributed by atoms with Crippen LogP contribution in [0.4, 0.5) is 0 Å². The Kier molecular flexibility index (Phi) is 5.69. The molecule has 1 saturated carbocycles. The maximum Gasteiger partial charge on any atom is 0.191 e. The number of nitrogens with zero attached hydrogens (tertiary/aromatic N) is 2. The normalized spacial score (nSPS) is 17.7. The minimum atomic E-state index is 0.0885. The maximum atomic E-state index is 4.38. The van der Waals surface area contributed by atoms with E-state index in [-0.39, 0.29) is 11.0 Å². The van der Waals surface area contributed by atoms with Crippen LogP contribution in [0.1, 0.15) is 38.7 Å². The van der Waals surface area contributed by atoms with Gasteiger partial charge in [-0.1, -0.05) is 36.8 Å². The molecule has 2 rings (SSSR count). The SMILES string of the molecule is CN=C(NCC1(c2ccccc2)CCC1)NCC(C)(C)N(C)C. The molecule has 1 aliphatic carbocycles. The van der Waals surface area contributed by atoms with Crippen molar-refractivity contribution in [1.82, 2.24) is 15.5 Å². The van der Waals surface area contributed by atoms with Crippen molar-refractivity contribution in [3.63, 3.8) is 0 Å². The van der Waals surface area contributed by atoms with E-state index in [0.717, 1.165) is 19.0 Å². The second kappa shape index (κ2) is 7.35. The van der Waals surface area contributed by atoms with Gasteiger partial charge in [-0.05, 0) is 46.3 Å². The lowest BCUT2D eigenvalue weighted by molar-refractivity contribution is 0.197. The monoisotopic (exact) mass is 316 g/mol. The largest absolute Gasteiger partial charge is 0.356 e. The van der Waals surface area contributed by atoms with Gasteiger partial charge in [0, 0.05) is 31.1 Å². The highest BCUT2D eigenvalue weighted by atomic mass is 15.2. The van der Waals surface area contributed by atoms with Crippen LogP contribution in [-0.4, -0.2) is 50.6 Å². The first-order chi connectivity index (χ1) is 10.9. The summed E-state index contributed by atoms with van der Waals surface area (Å²) in [4.78, 5) is 6.61. The summed E-state index contributed by atoms with van der Waals surface area (Å²) in [6, 6.07) is 10.9. The molecule has 128 valence electrons. The Labute approximate surface area is 141 Å². The zero-order valence-corrected chi connectivity index (χ0v) is 15.3. The Balaban J connectivity index is 1.93. The van der Waals surface area contributed by atoms with Crippen molar-refractivity contribution >= 4 is 5.96 Å². The topological polar surface area (TPSA) is 39.7 Å². The molecule has 0 spiro atoms. The summed E-state index contributed by atoms with van der Waals surface area (Å²) in [6.45, 7) is 6.26. The fourth-order valence-corrected chi connectivity index (χ4v) is 2.89. The molecule has 0 unspecified atom stereocenters. The molecule has 1 aromatic carbocycles. The van der Waals surface area contributed by atoms with E-state index in [9.17, 15) is 0 Å². The van der Waals surface area contributed by atoms with Gasteiger partial charge in [0.15, 0.2) is 5.96 Å². The highest BCUT2D eigenvalue weighted by Gasteiger charge is 2.38. The van der Waals surface area contributed by atoms with Gasteiger partial charge in [0.05, 0.1) is 0 Å². The third-order valence-electron chi connectivity index (χ3n) is 5.41. The highest BCUT2D eigenvalue weighted by Crippen LogP contribution is 2.43. The van der Waals surface area contributed by atoms with E-state index >= 15 is 0 Å². The standard InChI is InChI=1S/C19H32N4/c1-18(2,23(4)5)14-21-17(20-3)22-15-19(12-9-13-19)16-10-7-6-8-11-16/h6-8,10-11H,9,12-15H2,1-5H3,(H2,20,21,22). The van der Waals surface area contributed by atoms with Gasteiger partial charge in [0.25, 0.3) is 0 Å². The smallest absolute Gasteiger partial charge is 0.191 e. The van der Waals surface area contributed by atoms with Crippen molar-refractivity contribution in [2.24, 2.45) is 4.99 Å². The molecule has 2 N–H and O–H groups in total. The van der Waals surface area contributed by atoms with Crippen LogP contribution in [0.2, 0.25) is 0 Å². The zero-order valence-electron chi connectivity index (χ0n) is 15.3. The van der Waals surface area contributed by atoms with Crippen molar-refractivity contribution in [3.8, 4) is 0 Å². The summed E-state index contributed by atoms with van der Waals surface area (Å²) < 4.78 is 0. The molecule has 23 heavy (non-hydrogen) atoms.